The van der Waals surface area contributed by atoms with Gasteiger partial charge >= 0.3 is 0 Å². The quantitative estimate of drug-likeness (QED) is 0.688. The number of ether oxygens (including phenoxy) is 1. The fraction of sp³-hybridized carbons (Fsp3) is 0.632. The molecule has 1 N–H and O–H groups in total. The lowest BCUT2D eigenvalue weighted by Gasteiger charge is -2.30. The lowest BCUT2D eigenvalue weighted by Crippen LogP contribution is -2.34. The molecule has 1 amide bonds. The molecule has 1 aliphatic heterocycles. The summed E-state index contributed by atoms with van der Waals surface area (Å²) in [4.78, 5) is 14.3. The van der Waals surface area contributed by atoms with Crippen LogP contribution in [0, 0.1) is 5.92 Å². The number of carbonyl (C=O) groups excluding carboxylic acids is 1. The molecule has 0 saturated carbocycles. The second kappa shape index (κ2) is 10.6. The van der Waals surface area contributed by atoms with Crippen LogP contribution in [0.25, 0.3) is 0 Å². The Balaban J connectivity index is 1.45. The van der Waals surface area contributed by atoms with E-state index < -0.39 is 0 Å². The number of halogens is 1. The van der Waals surface area contributed by atoms with Crippen LogP contribution in [0.4, 0.5) is 0 Å². The van der Waals surface area contributed by atoms with Crippen LogP contribution < -0.4 is 10.1 Å². The summed E-state index contributed by atoms with van der Waals surface area (Å²) in [6.07, 6.45) is 5.22. The number of unbranched alkanes of at least 4 members (excludes halogenated alkanes) is 1. The van der Waals surface area contributed by atoms with Gasteiger partial charge in [-0.1, -0.05) is 18.5 Å². The van der Waals surface area contributed by atoms with Crippen LogP contribution in [-0.4, -0.2) is 43.6 Å². The molecule has 24 heavy (non-hydrogen) atoms. The smallest absolute Gasteiger partial charge is 0.223 e. The van der Waals surface area contributed by atoms with E-state index in [9.17, 15) is 4.79 Å². The van der Waals surface area contributed by atoms with E-state index in [1.807, 2.05) is 12.1 Å². The molecule has 0 radical (unpaired) electrons. The Labute approximate surface area is 150 Å². The largest absolute Gasteiger partial charge is 0.493 e. The molecule has 1 fully saturated rings. The van der Waals surface area contributed by atoms with Gasteiger partial charge in [-0.15, -0.1) is 0 Å². The molecule has 134 valence electrons. The van der Waals surface area contributed by atoms with E-state index in [-0.39, 0.29) is 5.91 Å². The van der Waals surface area contributed by atoms with E-state index >= 15 is 0 Å². The van der Waals surface area contributed by atoms with Crippen molar-refractivity contribution >= 4 is 17.5 Å². The van der Waals surface area contributed by atoms with E-state index in [4.69, 9.17) is 16.3 Å². The predicted octanol–water partition coefficient (Wildman–Crippen LogP) is 3.74. The lowest BCUT2D eigenvalue weighted by molar-refractivity contribution is -0.121. The first kappa shape index (κ1) is 19.1. The van der Waals surface area contributed by atoms with E-state index in [2.05, 4.69) is 17.1 Å². The highest BCUT2D eigenvalue weighted by Gasteiger charge is 2.14. The third-order valence-corrected chi connectivity index (χ3v) is 4.76. The Kier molecular flexibility index (Phi) is 8.40. The number of nitrogens with one attached hydrogen (secondary N) is 1. The number of likely N-dealkylation sites (tertiary alicyclic amines) is 1. The highest BCUT2D eigenvalue weighted by molar-refractivity contribution is 6.30. The van der Waals surface area contributed by atoms with Gasteiger partial charge in [0.25, 0.3) is 0 Å². The number of benzene rings is 1. The first-order valence-electron chi connectivity index (χ1n) is 9.01. The maximum absolute atomic E-state index is 11.8. The molecule has 5 heteroatoms. The van der Waals surface area contributed by atoms with Crippen molar-refractivity contribution in [1.29, 1.82) is 0 Å². The number of carbonyl (C=O) groups is 1. The summed E-state index contributed by atoms with van der Waals surface area (Å²) in [6.45, 7) is 7.10. The molecule has 0 aromatic heterocycles. The number of nitrogens with zero attached hydrogens (tertiary/aromatic N) is 1. The van der Waals surface area contributed by atoms with Gasteiger partial charge in [-0.05, 0) is 75.5 Å². The Bertz CT molecular complexity index is 485. The number of hydrogen-bond acceptors (Lipinski definition) is 3. The minimum Gasteiger partial charge on any atom is -0.493 e. The van der Waals surface area contributed by atoms with Crippen LogP contribution in [0.15, 0.2) is 24.3 Å². The summed E-state index contributed by atoms with van der Waals surface area (Å²) in [5.74, 6) is 1.68. The van der Waals surface area contributed by atoms with Crippen molar-refractivity contribution in [3.05, 3.63) is 29.3 Å². The SMILES string of the molecule is CC1CCN(CCCCNC(=O)CCOc2ccc(Cl)cc2)CC1. The summed E-state index contributed by atoms with van der Waals surface area (Å²) < 4.78 is 5.52. The second-order valence-corrected chi connectivity index (χ2v) is 7.07. The number of rotatable bonds is 9. The molecule has 1 aromatic rings. The molecule has 4 nitrogen and oxygen atoms in total. The molecule has 0 bridgehead atoms. The van der Waals surface area contributed by atoms with Crippen molar-refractivity contribution in [3.63, 3.8) is 0 Å². The van der Waals surface area contributed by atoms with Gasteiger partial charge in [0.15, 0.2) is 0 Å². The molecule has 1 saturated heterocycles. The highest BCUT2D eigenvalue weighted by atomic mass is 35.5. The maximum Gasteiger partial charge on any atom is 0.223 e. The molecule has 1 aromatic carbocycles. The van der Waals surface area contributed by atoms with Crippen LogP contribution in [0.2, 0.25) is 5.02 Å². The van der Waals surface area contributed by atoms with Crippen LogP contribution in [-0.2, 0) is 4.79 Å². The van der Waals surface area contributed by atoms with Crippen molar-refractivity contribution in [2.24, 2.45) is 5.92 Å². The van der Waals surface area contributed by atoms with E-state index in [1.165, 1.54) is 25.9 Å². The van der Waals surface area contributed by atoms with Crippen LogP contribution in [0.3, 0.4) is 0 Å². The van der Waals surface area contributed by atoms with Gasteiger partial charge in [0.1, 0.15) is 5.75 Å². The van der Waals surface area contributed by atoms with Crippen molar-refractivity contribution < 1.29 is 9.53 Å². The molecular weight excluding hydrogens is 324 g/mol. The summed E-state index contributed by atoms with van der Waals surface area (Å²) in [5.41, 5.74) is 0. The summed E-state index contributed by atoms with van der Waals surface area (Å²) >= 11 is 5.81. The van der Waals surface area contributed by atoms with Crippen molar-refractivity contribution in [2.75, 3.05) is 32.8 Å². The summed E-state index contributed by atoms with van der Waals surface area (Å²) in [5, 5.41) is 3.64. The second-order valence-electron chi connectivity index (χ2n) is 6.63. The topological polar surface area (TPSA) is 41.6 Å². The van der Waals surface area contributed by atoms with E-state index in [0.29, 0.717) is 18.1 Å². The zero-order chi connectivity index (χ0) is 17.2. The highest BCUT2D eigenvalue weighted by Crippen LogP contribution is 2.16. The molecule has 0 atom stereocenters. The Hall–Kier alpha value is -1.26. The minimum absolute atomic E-state index is 0.0516. The van der Waals surface area contributed by atoms with Crippen molar-refractivity contribution in [3.8, 4) is 5.75 Å². The Morgan fingerprint density at radius 1 is 1.25 bits per heavy atom. The van der Waals surface area contributed by atoms with E-state index in [0.717, 1.165) is 37.6 Å². The van der Waals surface area contributed by atoms with Gasteiger partial charge in [-0.25, -0.2) is 0 Å². The molecule has 0 aliphatic carbocycles. The van der Waals surface area contributed by atoms with Gasteiger partial charge < -0.3 is 15.0 Å². The van der Waals surface area contributed by atoms with Gasteiger partial charge in [0.05, 0.1) is 13.0 Å². The van der Waals surface area contributed by atoms with Gasteiger partial charge in [-0.2, -0.15) is 0 Å². The molecule has 0 spiro atoms. The number of amides is 1. The number of piperidine rings is 1. The zero-order valence-corrected chi connectivity index (χ0v) is 15.4. The Morgan fingerprint density at radius 2 is 1.96 bits per heavy atom. The lowest BCUT2D eigenvalue weighted by atomic mass is 9.99. The fourth-order valence-electron chi connectivity index (χ4n) is 2.85. The van der Waals surface area contributed by atoms with Crippen LogP contribution >= 0.6 is 11.6 Å². The van der Waals surface area contributed by atoms with Gasteiger partial charge in [0.2, 0.25) is 5.91 Å². The monoisotopic (exact) mass is 352 g/mol. The molecule has 2 rings (SSSR count). The fourth-order valence-corrected chi connectivity index (χ4v) is 2.98. The third-order valence-electron chi connectivity index (χ3n) is 4.51. The predicted molar refractivity (Wildman–Crippen MR) is 98.6 cm³/mol. The summed E-state index contributed by atoms with van der Waals surface area (Å²) in [6, 6.07) is 7.17. The first-order chi connectivity index (χ1) is 11.6. The Morgan fingerprint density at radius 3 is 2.67 bits per heavy atom. The number of hydrogen-bond donors (Lipinski definition) is 1. The summed E-state index contributed by atoms with van der Waals surface area (Å²) in [7, 11) is 0. The zero-order valence-electron chi connectivity index (χ0n) is 14.6. The average molecular weight is 353 g/mol. The van der Waals surface area contributed by atoms with Crippen LogP contribution in [0.1, 0.15) is 39.0 Å². The van der Waals surface area contributed by atoms with Gasteiger partial charge in [0, 0.05) is 11.6 Å². The normalized spacial score (nSPS) is 16.1. The van der Waals surface area contributed by atoms with Crippen LogP contribution in [0.5, 0.6) is 5.75 Å². The van der Waals surface area contributed by atoms with Gasteiger partial charge in [-0.3, -0.25) is 4.79 Å². The minimum atomic E-state index is 0.0516. The molecular formula is C19H29ClN2O2. The third kappa shape index (κ3) is 7.54. The first-order valence-corrected chi connectivity index (χ1v) is 9.38. The molecule has 1 heterocycles. The molecule has 0 unspecified atom stereocenters. The molecule has 1 aliphatic rings. The standard InChI is InChI=1S/C19H29ClN2O2/c1-16-8-13-22(14-9-16)12-3-2-11-21-19(23)10-15-24-18-6-4-17(20)5-7-18/h4-7,16H,2-3,8-15H2,1H3,(H,21,23). The average Bonchev–Trinajstić information content (AvgIpc) is 2.58. The van der Waals surface area contributed by atoms with E-state index in [1.54, 1.807) is 12.1 Å². The van der Waals surface area contributed by atoms with Crippen molar-refractivity contribution in [1.82, 2.24) is 10.2 Å². The van der Waals surface area contributed by atoms with Crippen molar-refractivity contribution in [2.45, 2.75) is 39.0 Å². The maximum atomic E-state index is 11.8.